The van der Waals surface area contributed by atoms with Gasteiger partial charge in [-0.2, -0.15) is 0 Å². The number of phenols is 1. The van der Waals surface area contributed by atoms with Crippen LogP contribution >= 0.6 is 0 Å². The average Bonchev–Trinajstić information content (AvgIpc) is 2.48. The molecule has 1 aromatic carbocycles. The fourth-order valence-electron chi connectivity index (χ4n) is 6.12. The van der Waals surface area contributed by atoms with Crippen LogP contribution in [0.1, 0.15) is 44.1 Å². The maximum absolute atomic E-state index is 12.1. The van der Waals surface area contributed by atoms with Crippen molar-refractivity contribution in [1.82, 2.24) is 0 Å². The van der Waals surface area contributed by atoms with Crippen LogP contribution in [0, 0.1) is 16.7 Å². The van der Waals surface area contributed by atoms with Gasteiger partial charge in [-0.1, -0.05) is 6.07 Å². The highest BCUT2D eigenvalue weighted by Crippen LogP contribution is 2.70. The van der Waals surface area contributed by atoms with Crippen LogP contribution < -0.4 is 5.73 Å². The van der Waals surface area contributed by atoms with Gasteiger partial charge in [0.2, 0.25) is 0 Å². The number of nitrogen functional groups attached to an aromatic ring is 1. The number of aromatic hydroxyl groups is 1. The number of carboxylic acid groups (broad SMARTS) is 2. The summed E-state index contributed by atoms with van der Waals surface area (Å²) in [5, 5.41) is 29.4. The molecule has 0 aromatic heterocycles. The van der Waals surface area contributed by atoms with Gasteiger partial charge in [0.05, 0.1) is 16.5 Å². The quantitative estimate of drug-likeness (QED) is 0.498. The van der Waals surface area contributed by atoms with Gasteiger partial charge in [0, 0.05) is 0 Å². The van der Waals surface area contributed by atoms with E-state index in [-0.39, 0.29) is 23.8 Å². The van der Waals surface area contributed by atoms with Gasteiger partial charge < -0.3 is 21.1 Å². The number of rotatable bonds is 3. The molecule has 128 valence electrons. The molecule has 4 fully saturated rings. The van der Waals surface area contributed by atoms with E-state index in [0.29, 0.717) is 25.7 Å². The van der Waals surface area contributed by atoms with Crippen LogP contribution in [-0.2, 0) is 15.0 Å². The van der Waals surface area contributed by atoms with Crippen LogP contribution in [0.2, 0.25) is 0 Å². The predicted molar refractivity (Wildman–Crippen MR) is 85.5 cm³/mol. The van der Waals surface area contributed by atoms with Crippen LogP contribution in [0.25, 0.3) is 0 Å². The van der Waals surface area contributed by atoms with Crippen molar-refractivity contribution >= 4 is 17.6 Å². The van der Waals surface area contributed by atoms with Crippen LogP contribution in [0.4, 0.5) is 5.69 Å². The number of phenolic OH excluding ortho intramolecular Hbond substituents is 1. The van der Waals surface area contributed by atoms with E-state index in [2.05, 4.69) is 0 Å². The fourth-order valence-corrected chi connectivity index (χ4v) is 6.12. The molecule has 24 heavy (non-hydrogen) atoms. The minimum atomic E-state index is -0.968. The molecule has 6 heteroatoms. The summed E-state index contributed by atoms with van der Waals surface area (Å²) in [6, 6.07) is 4.97. The number of carbonyl (C=O) groups is 2. The van der Waals surface area contributed by atoms with Gasteiger partial charge in [-0.3, -0.25) is 9.59 Å². The van der Waals surface area contributed by atoms with E-state index in [1.165, 1.54) is 6.07 Å². The van der Waals surface area contributed by atoms with Crippen molar-refractivity contribution in [1.29, 1.82) is 0 Å². The summed E-state index contributed by atoms with van der Waals surface area (Å²) in [6.07, 6.45) is 3.03. The van der Waals surface area contributed by atoms with Crippen molar-refractivity contribution in [2.24, 2.45) is 16.7 Å². The van der Waals surface area contributed by atoms with Crippen LogP contribution in [0.15, 0.2) is 18.2 Å². The van der Waals surface area contributed by atoms with Crippen molar-refractivity contribution in [3.05, 3.63) is 23.8 Å². The highest BCUT2D eigenvalue weighted by atomic mass is 16.4. The molecule has 2 atom stereocenters. The van der Waals surface area contributed by atoms with Crippen LogP contribution in [0.5, 0.6) is 5.75 Å². The summed E-state index contributed by atoms with van der Waals surface area (Å²) in [7, 11) is 0. The highest BCUT2D eigenvalue weighted by molar-refractivity contribution is 5.82. The highest BCUT2D eigenvalue weighted by Gasteiger charge is 2.68. The van der Waals surface area contributed by atoms with Gasteiger partial charge in [0.15, 0.2) is 0 Å². The van der Waals surface area contributed by atoms with Gasteiger partial charge >= 0.3 is 11.9 Å². The Labute approximate surface area is 139 Å². The van der Waals surface area contributed by atoms with Crippen molar-refractivity contribution in [2.45, 2.75) is 43.9 Å². The summed E-state index contributed by atoms with van der Waals surface area (Å²) in [4.78, 5) is 24.1. The standard InChI is InChI=1S/C18H21NO5/c19-12-3-11(1-2-13(12)20)16-4-10-5-17(7-16,14(21)22)9-18(6-10,8-16)15(23)24/h1-3,10,20H,4-9,19H2,(H,21,22)(H,23,24). The number of aliphatic carboxylic acids is 2. The molecule has 0 aliphatic heterocycles. The summed E-state index contributed by atoms with van der Waals surface area (Å²) in [5.41, 5.74) is 4.53. The second kappa shape index (κ2) is 4.43. The van der Waals surface area contributed by atoms with Crippen molar-refractivity contribution < 1.29 is 24.9 Å². The molecule has 4 aliphatic rings. The second-order valence-corrected chi connectivity index (χ2v) is 8.23. The zero-order valence-corrected chi connectivity index (χ0v) is 13.3. The maximum Gasteiger partial charge on any atom is 0.309 e. The van der Waals surface area contributed by atoms with Crippen molar-refractivity contribution in [3.63, 3.8) is 0 Å². The summed E-state index contributed by atoms with van der Waals surface area (Å²) >= 11 is 0. The second-order valence-electron chi connectivity index (χ2n) is 8.23. The van der Waals surface area contributed by atoms with Gasteiger partial charge in [0.25, 0.3) is 0 Å². The minimum absolute atomic E-state index is 0.00984. The molecule has 2 unspecified atom stereocenters. The van der Waals surface area contributed by atoms with E-state index in [9.17, 15) is 24.9 Å². The van der Waals surface area contributed by atoms with E-state index in [1.54, 1.807) is 12.1 Å². The van der Waals surface area contributed by atoms with Crippen molar-refractivity contribution in [3.8, 4) is 5.75 Å². The molecule has 4 saturated carbocycles. The lowest BCUT2D eigenvalue weighted by molar-refractivity contribution is -0.191. The molecule has 5 rings (SSSR count). The van der Waals surface area contributed by atoms with Crippen LogP contribution in [-0.4, -0.2) is 27.3 Å². The summed E-state index contributed by atoms with van der Waals surface area (Å²) in [6.45, 7) is 0. The lowest BCUT2D eigenvalue weighted by Gasteiger charge is -2.64. The molecule has 6 nitrogen and oxygen atoms in total. The van der Waals surface area contributed by atoms with E-state index in [0.717, 1.165) is 12.0 Å². The predicted octanol–water partition coefficient (Wildman–Crippen LogP) is 2.35. The Hall–Kier alpha value is -2.24. The third-order valence-electron chi connectivity index (χ3n) is 6.62. The third-order valence-corrected chi connectivity index (χ3v) is 6.62. The Kier molecular flexibility index (Phi) is 2.83. The number of nitrogens with two attached hydrogens (primary N) is 1. The molecule has 0 radical (unpaired) electrons. The zero-order chi connectivity index (χ0) is 17.3. The SMILES string of the molecule is Nc1cc(C23CC4CC(C(=O)O)(CC(C(=O)O)(C4)C2)C3)ccc1O. The monoisotopic (exact) mass is 331 g/mol. The number of carboxylic acids is 2. The Balaban J connectivity index is 1.88. The number of hydrogen-bond donors (Lipinski definition) is 4. The molecule has 0 amide bonds. The van der Waals surface area contributed by atoms with Gasteiger partial charge in [-0.15, -0.1) is 0 Å². The normalized spacial score (nSPS) is 39.8. The summed E-state index contributed by atoms with van der Waals surface area (Å²) in [5.74, 6) is -1.67. The number of benzene rings is 1. The molecular formula is C18H21NO5. The molecule has 4 bridgehead atoms. The summed E-state index contributed by atoms with van der Waals surface area (Å²) < 4.78 is 0. The van der Waals surface area contributed by atoms with Gasteiger partial charge in [-0.05, 0) is 67.6 Å². The van der Waals surface area contributed by atoms with Crippen LogP contribution in [0.3, 0.4) is 0 Å². The topological polar surface area (TPSA) is 121 Å². The smallest absolute Gasteiger partial charge is 0.309 e. The lowest BCUT2D eigenvalue weighted by atomic mass is 9.38. The first kappa shape index (κ1) is 15.3. The Bertz CT molecular complexity index is 728. The number of hydrogen-bond acceptors (Lipinski definition) is 4. The Morgan fingerprint density at radius 3 is 2.08 bits per heavy atom. The molecule has 4 aliphatic carbocycles. The molecule has 0 saturated heterocycles. The van der Waals surface area contributed by atoms with Gasteiger partial charge in [-0.25, -0.2) is 0 Å². The maximum atomic E-state index is 12.1. The first-order chi connectivity index (χ1) is 11.2. The van der Waals surface area contributed by atoms with Crippen molar-refractivity contribution in [2.75, 3.05) is 5.73 Å². The molecular weight excluding hydrogens is 310 g/mol. The molecule has 0 heterocycles. The fraction of sp³-hybridized carbons (Fsp3) is 0.556. The van der Waals surface area contributed by atoms with Gasteiger partial charge in [0.1, 0.15) is 5.75 Å². The first-order valence-corrected chi connectivity index (χ1v) is 8.26. The van der Waals surface area contributed by atoms with E-state index < -0.39 is 28.2 Å². The Morgan fingerprint density at radius 2 is 1.58 bits per heavy atom. The number of anilines is 1. The third kappa shape index (κ3) is 1.82. The molecule has 0 spiro atoms. The van der Waals surface area contributed by atoms with E-state index in [1.807, 2.05) is 0 Å². The molecule has 1 aromatic rings. The Morgan fingerprint density at radius 1 is 1.00 bits per heavy atom. The minimum Gasteiger partial charge on any atom is -0.506 e. The lowest BCUT2D eigenvalue weighted by Crippen LogP contribution is -2.63. The molecule has 5 N–H and O–H groups in total. The first-order valence-electron chi connectivity index (χ1n) is 8.26. The largest absolute Gasteiger partial charge is 0.506 e. The average molecular weight is 331 g/mol. The van der Waals surface area contributed by atoms with E-state index >= 15 is 0 Å². The van der Waals surface area contributed by atoms with E-state index in [4.69, 9.17) is 5.73 Å². The zero-order valence-electron chi connectivity index (χ0n) is 13.3.